The lowest BCUT2D eigenvalue weighted by Gasteiger charge is -2.13. The molecule has 0 saturated heterocycles. The Morgan fingerprint density at radius 3 is 2.42 bits per heavy atom. The molecule has 1 atom stereocenters. The summed E-state index contributed by atoms with van der Waals surface area (Å²) >= 11 is 13.5. The minimum absolute atomic E-state index is 0.0920. The van der Waals surface area contributed by atoms with Crippen LogP contribution in [0.25, 0.3) is 0 Å². The Balaban J connectivity index is 2.19. The van der Waals surface area contributed by atoms with Gasteiger partial charge in [-0.1, -0.05) is 44.0 Å². The van der Waals surface area contributed by atoms with Crippen LogP contribution in [0.1, 0.15) is 16.5 Å². The number of benzene rings is 2. The van der Waals surface area contributed by atoms with Gasteiger partial charge in [-0.2, -0.15) is 0 Å². The second kappa shape index (κ2) is 6.78. The second-order valence-electron chi connectivity index (χ2n) is 4.19. The van der Waals surface area contributed by atoms with Gasteiger partial charge in [0, 0.05) is 8.95 Å². The first-order valence-electron chi connectivity index (χ1n) is 5.82. The Hall–Kier alpha value is -0.510. The van der Waals surface area contributed by atoms with E-state index in [0.29, 0.717) is 0 Å². The van der Waals surface area contributed by atoms with Crippen molar-refractivity contribution in [3.8, 4) is 5.75 Å². The molecule has 1 unspecified atom stereocenters. The lowest BCUT2D eigenvalue weighted by Crippen LogP contribution is -1.98. The Kier molecular flexibility index (Phi) is 5.31. The van der Waals surface area contributed by atoms with Gasteiger partial charge in [0.25, 0.3) is 0 Å². The maximum absolute atomic E-state index is 6.52. The van der Waals surface area contributed by atoms with Crippen LogP contribution in [0.5, 0.6) is 5.75 Å². The van der Waals surface area contributed by atoms with E-state index < -0.39 is 0 Å². The van der Waals surface area contributed by atoms with Crippen LogP contribution in [0.4, 0.5) is 0 Å². The largest absolute Gasteiger partial charge is 0.497 e. The molecule has 0 bridgehead atoms. The molecule has 1 nitrogen and oxygen atoms in total. The van der Waals surface area contributed by atoms with Gasteiger partial charge in [0.15, 0.2) is 0 Å². The van der Waals surface area contributed by atoms with Gasteiger partial charge in [-0.25, -0.2) is 0 Å². The summed E-state index contributed by atoms with van der Waals surface area (Å²) in [5.41, 5.74) is 2.25. The molecule has 0 spiro atoms. The van der Waals surface area contributed by atoms with Gasteiger partial charge >= 0.3 is 0 Å². The fourth-order valence-electron chi connectivity index (χ4n) is 1.83. The third kappa shape index (κ3) is 3.98. The van der Waals surface area contributed by atoms with Crippen LogP contribution >= 0.6 is 43.5 Å². The first-order chi connectivity index (χ1) is 9.10. The highest BCUT2D eigenvalue weighted by molar-refractivity contribution is 9.10. The van der Waals surface area contributed by atoms with Crippen molar-refractivity contribution in [2.75, 3.05) is 7.11 Å². The fourth-order valence-corrected chi connectivity index (χ4v) is 3.10. The first kappa shape index (κ1) is 14.9. The van der Waals surface area contributed by atoms with E-state index in [0.717, 1.165) is 26.7 Å². The van der Waals surface area contributed by atoms with Crippen molar-refractivity contribution in [1.29, 1.82) is 0 Å². The molecule has 0 N–H and O–H groups in total. The van der Waals surface area contributed by atoms with E-state index in [1.165, 1.54) is 5.56 Å². The summed E-state index contributed by atoms with van der Waals surface area (Å²) in [6.45, 7) is 0. The topological polar surface area (TPSA) is 9.23 Å². The zero-order chi connectivity index (χ0) is 13.8. The summed E-state index contributed by atoms with van der Waals surface area (Å²) < 4.78 is 7.32. The molecule has 2 aromatic carbocycles. The zero-order valence-corrected chi connectivity index (χ0v) is 14.3. The van der Waals surface area contributed by atoms with E-state index in [4.69, 9.17) is 16.3 Å². The highest BCUT2D eigenvalue weighted by Gasteiger charge is 2.13. The lowest BCUT2D eigenvalue weighted by atomic mass is 10.0. The smallest absolute Gasteiger partial charge is 0.119 e. The van der Waals surface area contributed by atoms with E-state index in [-0.39, 0.29) is 5.38 Å². The highest BCUT2D eigenvalue weighted by Crippen LogP contribution is 2.33. The predicted molar refractivity (Wildman–Crippen MR) is 87.1 cm³/mol. The van der Waals surface area contributed by atoms with Gasteiger partial charge in [-0.3, -0.25) is 0 Å². The average Bonchev–Trinajstić information content (AvgIpc) is 2.42. The first-order valence-corrected chi connectivity index (χ1v) is 7.84. The van der Waals surface area contributed by atoms with Crippen LogP contribution in [0.3, 0.4) is 0 Å². The molecule has 19 heavy (non-hydrogen) atoms. The van der Waals surface area contributed by atoms with Crippen LogP contribution in [0.15, 0.2) is 51.4 Å². The number of alkyl halides is 1. The summed E-state index contributed by atoms with van der Waals surface area (Å²) in [7, 11) is 1.66. The van der Waals surface area contributed by atoms with Gasteiger partial charge in [0.1, 0.15) is 5.75 Å². The molecule has 100 valence electrons. The maximum Gasteiger partial charge on any atom is 0.119 e. The van der Waals surface area contributed by atoms with Crippen molar-refractivity contribution in [3.63, 3.8) is 0 Å². The molecule has 2 aromatic rings. The van der Waals surface area contributed by atoms with Gasteiger partial charge < -0.3 is 4.74 Å². The summed E-state index contributed by atoms with van der Waals surface area (Å²) in [6, 6.07) is 14.1. The molecule has 0 aliphatic carbocycles. The highest BCUT2D eigenvalue weighted by atomic mass is 79.9. The number of hydrogen-bond acceptors (Lipinski definition) is 1. The molecule has 4 heteroatoms. The van der Waals surface area contributed by atoms with Crippen molar-refractivity contribution in [1.82, 2.24) is 0 Å². The molecular weight excluding hydrogens is 391 g/mol. The van der Waals surface area contributed by atoms with Crippen LogP contribution < -0.4 is 4.74 Å². The minimum Gasteiger partial charge on any atom is -0.497 e. The summed E-state index contributed by atoms with van der Waals surface area (Å²) in [5, 5.41) is -0.0920. The zero-order valence-electron chi connectivity index (χ0n) is 10.4. The quantitative estimate of drug-likeness (QED) is 0.590. The molecule has 0 heterocycles. The Bertz CT molecular complexity index is 555. The Morgan fingerprint density at radius 2 is 1.79 bits per heavy atom. The molecule has 0 saturated carbocycles. The molecule has 0 aliphatic heterocycles. The fraction of sp³-hybridized carbons (Fsp3) is 0.200. The van der Waals surface area contributed by atoms with Crippen LogP contribution in [0, 0.1) is 0 Å². The molecule has 0 amide bonds. The molecular formula is C15H13Br2ClO. The second-order valence-corrected chi connectivity index (χ2v) is 6.48. The SMILES string of the molecule is COc1ccc(Br)c(C(Cl)Cc2ccc(Br)cc2)c1. The van der Waals surface area contributed by atoms with Crippen molar-refractivity contribution < 1.29 is 4.74 Å². The van der Waals surface area contributed by atoms with E-state index in [1.807, 2.05) is 30.3 Å². The standard InChI is InChI=1S/C15H13Br2ClO/c1-19-12-6-7-14(17)13(9-12)15(18)8-10-2-4-11(16)5-3-10/h2-7,9,15H,8H2,1H3. The molecule has 0 aliphatic rings. The van der Waals surface area contributed by atoms with Crippen LogP contribution in [-0.2, 0) is 6.42 Å². The van der Waals surface area contributed by atoms with Gasteiger partial charge in [-0.05, 0) is 47.9 Å². The van der Waals surface area contributed by atoms with Gasteiger partial charge in [0.05, 0.1) is 12.5 Å². The third-order valence-corrected chi connectivity index (χ3v) is 4.51. The Labute approximate surface area is 135 Å². The van der Waals surface area contributed by atoms with E-state index in [1.54, 1.807) is 7.11 Å². The summed E-state index contributed by atoms with van der Waals surface area (Å²) in [4.78, 5) is 0. The van der Waals surface area contributed by atoms with Gasteiger partial charge in [0.2, 0.25) is 0 Å². The normalized spacial score (nSPS) is 12.2. The maximum atomic E-state index is 6.52. The molecule has 0 fully saturated rings. The number of methoxy groups -OCH3 is 1. The molecule has 2 rings (SSSR count). The summed E-state index contributed by atoms with van der Waals surface area (Å²) in [6.07, 6.45) is 0.778. The molecule has 0 aromatic heterocycles. The van der Waals surface area contributed by atoms with Crippen molar-refractivity contribution >= 4 is 43.5 Å². The number of rotatable bonds is 4. The van der Waals surface area contributed by atoms with Crippen molar-refractivity contribution in [2.45, 2.75) is 11.8 Å². The van der Waals surface area contributed by atoms with E-state index in [9.17, 15) is 0 Å². The lowest BCUT2D eigenvalue weighted by molar-refractivity contribution is 0.414. The number of halogens is 3. The number of hydrogen-bond donors (Lipinski definition) is 0. The van der Waals surface area contributed by atoms with Crippen molar-refractivity contribution in [2.24, 2.45) is 0 Å². The van der Waals surface area contributed by atoms with Crippen LogP contribution in [-0.4, -0.2) is 7.11 Å². The monoisotopic (exact) mass is 402 g/mol. The van der Waals surface area contributed by atoms with E-state index >= 15 is 0 Å². The molecule has 0 radical (unpaired) electrons. The summed E-state index contributed by atoms with van der Waals surface area (Å²) in [5.74, 6) is 0.819. The minimum atomic E-state index is -0.0920. The third-order valence-electron chi connectivity index (χ3n) is 2.87. The van der Waals surface area contributed by atoms with Crippen LogP contribution in [0.2, 0.25) is 0 Å². The average molecular weight is 405 g/mol. The van der Waals surface area contributed by atoms with E-state index in [2.05, 4.69) is 44.0 Å². The number of ether oxygens (including phenoxy) is 1. The van der Waals surface area contributed by atoms with Crippen molar-refractivity contribution in [3.05, 3.63) is 62.5 Å². The predicted octanol–water partition coefficient (Wildman–Crippen LogP) is 5.74. The van der Waals surface area contributed by atoms with Gasteiger partial charge in [-0.15, -0.1) is 11.6 Å². The Morgan fingerprint density at radius 1 is 1.11 bits per heavy atom.